The first-order chi connectivity index (χ1) is 9.90. The van der Waals surface area contributed by atoms with Crippen LogP contribution in [0.3, 0.4) is 0 Å². The van der Waals surface area contributed by atoms with Crippen LogP contribution in [0.15, 0.2) is 4.52 Å². The molecule has 1 amide bonds. The molecule has 21 heavy (non-hydrogen) atoms. The Hall–Kier alpha value is -1.50. The number of amides is 1. The first-order valence-electron chi connectivity index (χ1n) is 6.82. The fourth-order valence-corrected chi connectivity index (χ4v) is 2.47. The predicted molar refractivity (Wildman–Crippen MR) is 80.9 cm³/mol. The van der Waals surface area contributed by atoms with Gasteiger partial charge in [-0.25, -0.2) is 0 Å². The molecule has 0 atom stereocenters. The van der Waals surface area contributed by atoms with Crippen molar-refractivity contribution in [1.29, 1.82) is 0 Å². The van der Waals surface area contributed by atoms with Crippen molar-refractivity contribution in [1.82, 2.24) is 10.5 Å². The number of thioether (sulfide) groups is 1. The first-order valence-corrected chi connectivity index (χ1v) is 7.97. The van der Waals surface area contributed by atoms with Gasteiger partial charge in [-0.1, -0.05) is 19.0 Å². The number of carbonyl (C=O) groups excluding carboxylic acids is 2. The summed E-state index contributed by atoms with van der Waals surface area (Å²) in [6.45, 7) is 8.06. The summed E-state index contributed by atoms with van der Waals surface area (Å²) in [5.41, 5.74) is 1.84. The molecule has 0 radical (unpaired) electrons. The van der Waals surface area contributed by atoms with Crippen LogP contribution in [0.25, 0.3) is 0 Å². The number of hydrogen-bond acceptors (Lipinski definition) is 6. The smallest absolute Gasteiger partial charge is 0.316 e. The maximum atomic E-state index is 11.5. The number of esters is 1. The number of hydrogen-bond donors (Lipinski definition) is 1. The molecule has 118 valence electrons. The van der Waals surface area contributed by atoms with E-state index < -0.39 is 5.97 Å². The van der Waals surface area contributed by atoms with Gasteiger partial charge >= 0.3 is 5.97 Å². The van der Waals surface area contributed by atoms with Gasteiger partial charge in [0.1, 0.15) is 5.76 Å². The average molecular weight is 314 g/mol. The zero-order valence-electron chi connectivity index (χ0n) is 12.9. The van der Waals surface area contributed by atoms with Crippen molar-refractivity contribution in [2.75, 3.05) is 18.9 Å². The molecule has 0 fully saturated rings. The monoisotopic (exact) mass is 314 g/mol. The van der Waals surface area contributed by atoms with Crippen LogP contribution in [0, 0.1) is 19.8 Å². The van der Waals surface area contributed by atoms with E-state index in [0.29, 0.717) is 18.2 Å². The second kappa shape index (κ2) is 8.71. The van der Waals surface area contributed by atoms with E-state index in [1.165, 1.54) is 11.8 Å². The normalized spacial score (nSPS) is 10.7. The third-order valence-corrected chi connectivity index (χ3v) is 3.65. The molecule has 1 rings (SSSR count). The summed E-state index contributed by atoms with van der Waals surface area (Å²) < 4.78 is 9.95. The van der Waals surface area contributed by atoms with Crippen LogP contribution < -0.4 is 5.32 Å². The first kappa shape index (κ1) is 17.6. The highest BCUT2D eigenvalue weighted by molar-refractivity contribution is 7.99. The maximum absolute atomic E-state index is 11.5. The Bertz CT molecular complexity index is 466. The molecule has 0 unspecified atom stereocenters. The lowest BCUT2D eigenvalue weighted by molar-refractivity contribution is -0.145. The van der Waals surface area contributed by atoms with Gasteiger partial charge < -0.3 is 14.6 Å². The van der Waals surface area contributed by atoms with Gasteiger partial charge in [-0.05, 0) is 19.8 Å². The van der Waals surface area contributed by atoms with E-state index in [1.54, 1.807) is 0 Å². The van der Waals surface area contributed by atoms with E-state index in [4.69, 9.17) is 9.26 Å². The summed E-state index contributed by atoms with van der Waals surface area (Å²) in [6, 6.07) is 0. The average Bonchev–Trinajstić information content (AvgIpc) is 2.74. The second-order valence-electron chi connectivity index (χ2n) is 5.15. The van der Waals surface area contributed by atoms with Crippen LogP contribution in [0.4, 0.5) is 0 Å². The van der Waals surface area contributed by atoms with Gasteiger partial charge in [0.05, 0.1) is 11.4 Å². The molecule has 1 heterocycles. The van der Waals surface area contributed by atoms with E-state index in [1.807, 2.05) is 27.7 Å². The molecule has 7 heteroatoms. The molecule has 0 saturated carbocycles. The van der Waals surface area contributed by atoms with Crippen LogP contribution in [0.1, 0.15) is 30.9 Å². The second-order valence-corrected chi connectivity index (χ2v) is 6.14. The molecule has 0 aromatic carbocycles. The Kier molecular flexibility index (Phi) is 7.28. The third kappa shape index (κ3) is 6.66. The van der Waals surface area contributed by atoms with Crippen molar-refractivity contribution in [2.24, 2.45) is 5.92 Å². The Morgan fingerprint density at radius 3 is 2.67 bits per heavy atom. The molecule has 0 aliphatic rings. The van der Waals surface area contributed by atoms with Crippen LogP contribution in [-0.4, -0.2) is 35.9 Å². The van der Waals surface area contributed by atoms with Gasteiger partial charge in [0, 0.05) is 17.9 Å². The molecule has 6 nitrogen and oxygen atoms in total. The fourth-order valence-electron chi connectivity index (χ4n) is 1.50. The minimum atomic E-state index is -0.397. The number of rotatable bonds is 8. The summed E-state index contributed by atoms with van der Waals surface area (Å²) in [6.07, 6.45) is 0. The molecule has 0 bridgehead atoms. The SMILES string of the molecule is Cc1noc(C)c1CSCC(=O)OCC(=O)NCC(C)C. The largest absolute Gasteiger partial charge is 0.455 e. The lowest BCUT2D eigenvalue weighted by atomic mass is 10.2. The third-order valence-electron chi connectivity index (χ3n) is 2.72. The van der Waals surface area contributed by atoms with Crippen molar-refractivity contribution < 1.29 is 18.8 Å². The van der Waals surface area contributed by atoms with Gasteiger partial charge in [-0.2, -0.15) is 0 Å². The highest BCUT2D eigenvalue weighted by Gasteiger charge is 2.11. The zero-order chi connectivity index (χ0) is 15.8. The van der Waals surface area contributed by atoms with Crippen LogP contribution in [-0.2, 0) is 20.1 Å². The van der Waals surface area contributed by atoms with E-state index in [0.717, 1.165) is 17.0 Å². The summed E-state index contributed by atoms with van der Waals surface area (Å²) in [5.74, 6) is 1.30. The highest BCUT2D eigenvalue weighted by Crippen LogP contribution is 2.19. The van der Waals surface area contributed by atoms with Crippen molar-refractivity contribution in [3.8, 4) is 0 Å². The van der Waals surface area contributed by atoms with Crippen LogP contribution in [0.5, 0.6) is 0 Å². The topological polar surface area (TPSA) is 81.4 Å². The minimum Gasteiger partial charge on any atom is -0.455 e. The number of nitrogens with zero attached hydrogens (tertiary/aromatic N) is 1. The molecule has 1 aromatic heterocycles. The standard InChI is InChI=1S/C14H22N2O4S/c1-9(2)5-15-13(17)6-19-14(18)8-21-7-12-10(3)16-20-11(12)4/h9H,5-8H2,1-4H3,(H,15,17). The van der Waals surface area contributed by atoms with Crippen molar-refractivity contribution >= 4 is 23.6 Å². The molecule has 0 spiro atoms. The molecule has 0 aliphatic carbocycles. The van der Waals surface area contributed by atoms with Gasteiger partial charge in [0.2, 0.25) is 0 Å². The Balaban J connectivity index is 2.18. The number of ether oxygens (including phenoxy) is 1. The van der Waals surface area contributed by atoms with Gasteiger partial charge in [0.25, 0.3) is 5.91 Å². The predicted octanol–water partition coefficient (Wildman–Crippen LogP) is 1.84. The number of nitrogens with one attached hydrogen (secondary N) is 1. The van der Waals surface area contributed by atoms with Gasteiger partial charge in [-0.3, -0.25) is 9.59 Å². The van der Waals surface area contributed by atoms with Crippen LogP contribution in [0.2, 0.25) is 0 Å². The van der Waals surface area contributed by atoms with Crippen molar-refractivity contribution in [3.05, 3.63) is 17.0 Å². The van der Waals surface area contributed by atoms with Gasteiger partial charge in [0.15, 0.2) is 6.61 Å². The molecule has 0 saturated heterocycles. The lowest BCUT2D eigenvalue weighted by Gasteiger charge is -2.08. The van der Waals surface area contributed by atoms with Crippen molar-refractivity contribution in [3.63, 3.8) is 0 Å². The van der Waals surface area contributed by atoms with E-state index in [2.05, 4.69) is 10.5 Å². The summed E-state index contributed by atoms with van der Waals surface area (Å²) in [7, 11) is 0. The van der Waals surface area contributed by atoms with Gasteiger partial charge in [-0.15, -0.1) is 11.8 Å². The maximum Gasteiger partial charge on any atom is 0.316 e. The molecular weight excluding hydrogens is 292 g/mol. The summed E-state index contributed by atoms with van der Waals surface area (Å²) >= 11 is 1.41. The Morgan fingerprint density at radius 1 is 1.38 bits per heavy atom. The number of carbonyl (C=O) groups is 2. The quantitative estimate of drug-likeness (QED) is 0.737. The zero-order valence-corrected chi connectivity index (χ0v) is 13.7. The van der Waals surface area contributed by atoms with E-state index in [9.17, 15) is 9.59 Å². The molecule has 1 aromatic rings. The van der Waals surface area contributed by atoms with Crippen LogP contribution >= 0.6 is 11.8 Å². The molecule has 1 N–H and O–H groups in total. The summed E-state index contributed by atoms with van der Waals surface area (Å²) in [5, 5.41) is 6.54. The van der Waals surface area contributed by atoms with Crippen molar-refractivity contribution in [2.45, 2.75) is 33.4 Å². The number of aromatic nitrogens is 1. The van der Waals surface area contributed by atoms with E-state index in [-0.39, 0.29) is 18.3 Å². The van der Waals surface area contributed by atoms with E-state index >= 15 is 0 Å². The Morgan fingerprint density at radius 2 is 2.10 bits per heavy atom. The Labute approximate surface area is 129 Å². The lowest BCUT2D eigenvalue weighted by Crippen LogP contribution is -2.31. The number of aryl methyl sites for hydroxylation is 2. The summed E-state index contributed by atoms with van der Waals surface area (Å²) in [4.78, 5) is 22.9. The molecule has 0 aliphatic heterocycles. The minimum absolute atomic E-state index is 0.196. The highest BCUT2D eigenvalue weighted by atomic mass is 32.2. The molecular formula is C14H22N2O4S. The fraction of sp³-hybridized carbons (Fsp3) is 0.643.